The summed E-state index contributed by atoms with van der Waals surface area (Å²) in [7, 11) is 0. The molecule has 0 saturated heterocycles. The van der Waals surface area contributed by atoms with E-state index in [4.69, 9.17) is 16.0 Å². The molecule has 0 atom stereocenters. The first-order chi connectivity index (χ1) is 6.77. The van der Waals surface area contributed by atoms with Crippen LogP contribution in [-0.4, -0.2) is 18.2 Å². The van der Waals surface area contributed by atoms with Crippen molar-refractivity contribution in [2.45, 2.75) is 5.75 Å². The number of hydrogen-bond acceptors (Lipinski definition) is 5. The lowest BCUT2D eigenvalue weighted by Crippen LogP contribution is -2.29. The van der Waals surface area contributed by atoms with Crippen LogP contribution in [0.4, 0.5) is 0 Å². The quantitative estimate of drug-likeness (QED) is 0.280. The van der Waals surface area contributed by atoms with Gasteiger partial charge in [-0.15, -0.1) is 0 Å². The summed E-state index contributed by atoms with van der Waals surface area (Å²) in [5, 5.41) is 0. The van der Waals surface area contributed by atoms with Gasteiger partial charge in [-0.2, -0.15) is 11.8 Å². The molecule has 0 unspecified atom stereocenters. The number of nitrogens with two attached hydrogens (primary N) is 2. The number of nitrogen functional groups attached to an aromatic ring is 1. The van der Waals surface area contributed by atoms with Crippen LogP contribution in [0.15, 0.2) is 16.5 Å². The highest BCUT2D eigenvalue weighted by atomic mass is 32.2. The van der Waals surface area contributed by atoms with Crippen molar-refractivity contribution in [3.8, 4) is 0 Å². The molecule has 0 radical (unpaired) electrons. The van der Waals surface area contributed by atoms with E-state index in [9.17, 15) is 4.79 Å². The van der Waals surface area contributed by atoms with Crippen molar-refractivity contribution >= 4 is 17.7 Å². The Labute approximate surface area is 86.2 Å². The third-order valence-corrected chi connectivity index (χ3v) is 2.54. The lowest BCUT2D eigenvalue weighted by molar-refractivity contribution is 0.0924. The number of hydrogen-bond donors (Lipinski definition) is 3. The maximum Gasteiger partial charge on any atom is 0.300 e. The van der Waals surface area contributed by atoms with Crippen LogP contribution in [0.5, 0.6) is 0 Å². The van der Waals surface area contributed by atoms with E-state index in [1.54, 1.807) is 23.9 Å². The van der Waals surface area contributed by atoms with Gasteiger partial charge < -0.3 is 10.2 Å². The number of furan rings is 1. The fourth-order valence-electron chi connectivity index (χ4n) is 0.905. The van der Waals surface area contributed by atoms with E-state index in [2.05, 4.69) is 0 Å². The fourth-order valence-corrected chi connectivity index (χ4v) is 1.57. The highest BCUT2D eigenvalue weighted by Crippen LogP contribution is 2.14. The molecule has 0 spiro atoms. The second-order valence-corrected chi connectivity index (χ2v) is 3.69. The van der Waals surface area contributed by atoms with Gasteiger partial charge in [0, 0.05) is 12.3 Å². The maximum atomic E-state index is 11.0. The van der Waals surface area contributed by atoms with E-state index in [0.717, 1.165) is 17.3 Å². The highest BCUT2D eigenvalue weighted by molar-refractivity contribution is 7.98. The highest BCUT2D eigenvalue weighted by Gasteiger charge is 2.08. The smallest absolute Gasteiger partial charge is 0.300 e. The maximum absolute atomic E-state index is 11.0. The third-order valence-electron chi connectivity index (χ3n) is 1.52. The molecule has 1 aromatic rings. The number of hydrazine groups is 1. The van der Waals surface area contributed by atoms with Gasteiger partial charge in [-0.1, -0.05) is 0 Å². The summed E-state index contributed by atoms with van der Waals surface area (Å²) in [5.74, 6) is 7.11. The summed E-state index contributed by atoms with van der Waals surface area (Å²) in [4.78, 5) is 11.0. The van der Waals surface area contributed by atoms with Gasteiger partial charge in [0.25, 0.3) is 0 Å². The molecule has 5 N–H and O–H groups in total. The van der Waals surface area contributed by atoms with Gasteiger partial charge in [0.1, 0.15) is 5.76 Å². The molecule has 1 rings (SSSR count). The second kappa shape index (κ2) is 5.69. The normalized spacial score (nSPS) is 10.1. The van der Waals surface area contributed by atoms with E-state index in [1.165, 1.54) is 0 Å². The summed E-state index contributed by atoms with van der Waals surface area (Å²) >= 11 is 1.66. The van der Waals surface area contributed by atoms with Gasteiger partial charge in [0.15, 0.2) is 5.76 Å². The van der Waals surface area contributed by atoms with Gasteiger partial charge in [-0.3, -0.25) is 10.2 Å². The largest absolute Gasteiger partial charge is 0.455 e. The molecule has 78 valence electrons. The molecule has 0 saturated carbocycles. The SMILES string of the molecule is NCCSCc1ccc(C(=O)NN)o1. The molecular formula is C8H13N3O2S. The average Bonchev–Trinajstić information content (AvgIpc) is 2.66. The van der Waals surface area contributed by atoms with Crippen LogP contribution in [0.25, 0.3) is 0 Å². The number of amides is 1. The van der Waals surface area contributed by atoms with Crippen molar-refractivity contribution in [2.24, 2.45) is 11.6 Å². The molecule has 0 aromatic carbocycles. The van der Waals surface area contributed by atoms with Crippen LogP contribution in [0, 0.1) is 0 Å². The van der Waals surface area contributed by atoms with E-state index in [1.807, 2.05) is 5.43 Å². The zero-order valence-electron chi connectivity index (χ0n) is 7.66. The summed E-state index contributed by atoms with van der Waals surface area (Å²) in [6, 6.07) is 3.36. The monoisotopic (exact) mass is 215 g/mol. The van der Waals surface area contributed by atoms with Crippen LogP contribution in [0.3, 0.4) is 0 Å². The lowest BCUT2D eigenvalue weighted by Gasteiger charge is -1.96. The first-order valence-electron chi connectivity index (χ1n) is 4.15. The Morgan fingerprint density at radius 2 is 2.36 bits per heavy atom. The Hall–Kier alpha value is -0.980. The minimum Gasteiger partial charge on any atom is -0.455 e. The zero-order chi connectivity index (χ0) is 10.4. The lowest BCUT2D eigenvalue weighted by atomic mass is 10.4. The Morgan fingerprint density at radius 3 is 3.00 bits per heavy atom. The number of rotatable bonds is 5. The van der Waals surface area contributed by atoms with Crippen LogP contribution < -0.4 is 17.0 Å². The molecule has 5 nitrogen and oxygen atoms in total. The van der Waals surface area contributed by atoms with Crippen LogP contribution in [0.2, 0.25) is 0 Å². The summed E-state index contributed by atoms with van der Waals surface area (Å²) < 4.78 is 5.23. The van der Waals surface area contributed by atoms with E-state index in [0.29, 0.717) is 6.54 Å². The Bertz CT molecular complexity index is 301. The summed E-state index contributed by atoms with van der Waals surface area (Å²) in [5.41, 5.74) is 7.34. The zero-order valence-corrected chi connectivity index (χ0v) is 8.47. The summed E-state index contributed by atoms with van der Waals surface area (Å²) in [6.45, 7) is 0.640. The predicted octanol–water partition coefficient (Wildman–Crippen LogP) is 0.0750. The van der Waals surface area contributed by atoms with Gasteiger partial charge in [0.2, 0.25) is 0 Å². The van der Waals surface area contributed by atoms with Crippen LogP contribution in [0.1, 0.15) is 16.3 Å². The van der Waals surface area contributed by atoms with Crippen molar-refractivity contribution in [1.82, 2.24) is 5.43 Å². The molecule has 1 amide bonds. The van der Waals surface area contributed by atoms with Gasteiger partial charge >= 0.3 is 5.91 Å². The van der Waals surface area contributed by atoms with Crippen LogP contribution in [-0.2, 0) is 5.75 Å². The van der Waals surface area contributed by atoms with Gasteiger partial charge in [-0.05, 0) is 12.1 Å². The number of nitrogens with one attached hydrogen (secondary N) is 1. The van der Waals surface area contributed by atoms with Crippen molar-refractivity contribution in [1.29, 1.82) is 0 Å². The molecule has 0 aliphatic carbocycles. The van der Waals surface area contributed by atoms with E-state index >= 15 is 0 Å². The topological polar surface area (TPSA) is 94.3 Å². The van der Waals surface area contributed by atoms with Gasteiger partial charge in [0.05, 0.1) is 5.75 Å². The molecule has 0 aliphatic heterocycles. The second-order valence-electron chi connectivity index (χ2n) is 2.58. The standard InChI is InChI=1S/C8H13N3O2S/c9-3-4-14-5-6-1-2-7(13-6)8(12)11-10/h1-2H,3-5,9-10H2,(H,11,12). The van der Waals surface area contributed by atoms with Gasteiger partial charge in [-0.25, -0.2) is 5.84 Å². The minimum atomic E-state index is -0.417. The first kappa shape index (κ1) is 11.1. The predicted molar refractivity (Wildman–Crippen MR) is 55.6 cm³/mol. The molecule has 6 heteroatoms. The van der Waals surface area contributed by atoms with Crippen molar-refractivity contribution < 1.29 is 9.21 Å². The third kappa shape index (κ3) is 3.06. The van der Waals surface area contributed by atoms with Crippen molar-refractivity contribution in [3.63, 3.8) is 0 Å². The molecule has 1 aromatic heterocycles. The Morgan fingerprint density at radius 1 is 1.57 bits per heavy atom. The van der Waals surface area contributed by atoms with Crippen molar-refractivity contribution in [2.75, 3.05) is 12.3 Å². The molecule has 0 bridgehead atoms. The number of thioether (sulfide) groups is 1. The van der Waals surface area contributed by atoms with E-state index < -0.39 is 5.91 Å². The van der Waals surface area contributed by atoms with Crippen molar-refractivity contribution in [3.05, 3.63) is 23.7 Å². The number of carbonyl (C=O) groups is 1. The average molecular weight is 215 g/mol. The molecule has 0 aliphatic rings. The van der Waals surface area contributed by atoms with Crippen LogP contribution >= 0.6 is 11.8 Å². The molecule has 14 heavy (non-hydrogen) atoms. The Kier molecular flexibility index (Phi) is 4.51. The molecule has 0 fully saturated rings. The Balaban J connectivity index is 2.46. The minimum absolute atomic E-state index is 0.232. The van der Waals surface area contributed by atoms with E-state index in [-0.39, 0.29) is 5.76 Å². The molecular weight excluding hydrogens is 202 g/mol. The molecule has 1 heterocycles. The summed E-state index contributed by atoms with van der Waals surface area (Å²) in [6.07, 6.45) is 0. The fraction of sp³-hybridized carbons (Fsp3) is 0.375. The first-order valence-corrected chi connectivity index (χ1v) is 5.31. The number of carbonyl (C=O) groups excluding carboxylic acids is 1.